The summed E-state index contributed by atoms with van der Waals surface area (Å²) in [6.07, 6.45) is 2.76. The lowest BCUT2D eigenvalue weighted by atomic mass is 9.94. The Labute approximate surface area is 143 Å². The standard InChI is InChI=1S/C20H26N2O2/c23-20(12-6-13-21-15-20)16-22-14-11-17-7-4-5-10-19(17)24-18-8-2-1-3-9-18/h1-5,7-10,21-23H,6,11-16H2/t20-/m0/s1. The molecule has 0 aromatic heterocycles. The van der Waals surface area contributed by atoms with Crippen LogP contribution in [0.3, 0.4) is 0 Å². The van der Waals surface area contributed by atoms with Gasteiger partial charge in [-0.05, 0) is 56.1 Å². The molecule has 3 rings (SSSR count). The molecule has 4 nitrogen and oxygen atoms in total. The minimum Gasteiger partial charge on any atom is -0.457 e. The van der Waals surface area contributed by atoms with Gasteiger partial charge >= 0.3 is 0 Å². The maximum Gasteiger partial charge on any atom is 0.130 e. The smallest absolute Gasteiger partial charge is 0.130 e. The summed E-state index contributed by atoms with van der Waals surface area (Å²) in [6.45, 7) is 3.12. The van der Waals surface area contributed by atoms with Gasteiger partial charge in [0, 0.05) is 13.1 Å². The zero-order valence-electron chi connectivity index (χ0n) is 14.0. The summed E-state index contributed by atoms with van der Waals surface area (Å²) < 4.78 is 5.99. The van der Waals surface area contributed by atoms with Crippen molar-refractivity contribution in [1.82, 2.24) is 10.6 Å². The number of piperidine rings is 1. The van der Waals surface area contributed by atoms with Crippen molar-refractivity contribution in [3.63, 3.8) is 0 Å². The first-order valence-electron chi connectivity index (χ1n) is 8.70. The predicted octanol–water partition coefficient (Wildman–Crippen LogP) is 2.73. The zero-order chi connectivity index (χ0) is 16.7. The monoisotopic (exact) mass is 326 g/mol. The lowest BCUT2D eigenvalue weighted by molar-refractivity contribution is 0.0174. The Morgan fingerprint density at radius 1 is 1.08 bits per heavy atom. The Bertz CT molecular complexity index is 625. The van der Waals surface area contributed by atoms with Crippen molar-refractivity contribution in [2.24, 2.45) is 0 Å². The molecule has 1 aliphatic heterocycles. The highest BCUT2D eigenvalue weighted by atomic mass is 16.5. The van der Waals surface area contributed by atoms with Gasteiger partial charge in [-0.2, -0.15) is 0 Å². The largest absolute Gasteiger partial charge is 0.457 e. The Morgan fingerprint density at radius 3 is 2.67 bits per heavy atom. The van der Waals surface area contributed by atoms with Crippen molar-refractivity contribution in [2.45, 2.75) is 24.9 Å². The van der Waals surface area contributed by atoms with E-state index in [1.807, 2.05) is 48.5 Å². The van der Waals surface area contributed by atoms with E-state index in [-0.39, 0.29) is 0 Å². The molecule has 2 aromatic carbocycles. The summed E-state index contributed by atoms with van der Waals surface area (Å²) in [4.78, 5) is 0. The van der Waals surface area contributed by atoms with Crippen LogP contribution in [0.15, 0.2) is 54.6 Å². The molecule has 0 bridgehead atoms. The first kappa shape index (κ1) is 17.0. The minimum absolute atomic E-state index is 0.613. The van der Waals surface area contributed by atoms with Crippen LogP contribution >= 0.6 is 0 Å². The van der Waals surface area contributed by atoms with Crippen LogP contribution in [-0.4, -0.2) is 36.9 Å². The second-order valence-electron chi connectivity index (χ2n) is 6.45. The molecule has 128 valence electrons. The summed E-state index contributed by atoms with van der Waals surface area (Å²) >= 11 is 0. The van der Waals surface area contributed by atoms with E-state index in [2.05, 4.69) is 16.7 Å². The van der Waals surface area contributed by atoms with E-state index in [0.717, 1.165) is 43.9 Å². The lowest BCUT2D eigenvalue weighted by Gasteiger charge is -2.32. The van der Waals surface area contributed by atoms with Crippen molar-refractivity contribution in [2.75, 3.05) is 26.2 Å². The van der Waals surface area contributed by atoms with Crippen LogP contribution in [0.25, 0.3) is 0 Å². The molecule has 4 heteroatoms. The van der Waals surface area contributed by atoms with E-state index in [1.54, 1.807) is 0 Å². The fourth-order valence-electron chi connectivity index (χ4n) is 3.07. The van der Waals surface area contributed by atoms with Crippen LogP contribution in [0, 0.1) is 0 Å². The molecule has 3 N–H and O–H groups in total. The maximum absolute atomic E-state index is 10.5. The Balaban J connectivity index is 1.52. The first-order chi connectivity index (χ1) is 11.8. The van der Waals surface area contributed by atoms with Gasteiger partial charge in [-0.1, -0.05) is 36.4 Å². The molecule has 1 aliphatic rings. The fraction of sp³-hybridized carbons (Fsp3) is 0.400. The molecule has 1 heterocycles. The molecule has 1 fully saturated rings. The topological polar surface area (TPSA) is 53.5 Å². The predicted molar refractivity (Wildman–Crippen MR) is 96.6 cm³/mol. The average Bonchev–Trinajstić information content (AvgIpc) is 2.62. The zero-order valence-corrected chi connectivity index (χ0v) is 14.0. The minimum atomic E-state index is -0.613. The number of ether oxygens (including phenoxy) is 1. The highest BCUT2D eigenvalue weighted by Crippen LogP contribution is 2.25. The molecule has 0 spiro atoms. The SMILES string of the molecule is O[C@@]1(CNCCc2ccccc2Oc2ccccc2)CCCNC1. The molecular formula is C20H26N2O2. The number of nitrogens with one attached hydrogen (secondary N) is 2. The van der Waals surface area contributed by atoms with E-state index in [1.165, 1.54) is 5.56 Å². The second-order valence-corrected chi connectivity index (χ2v) is 6.45. The number of β-amino-alcohol motifs (C(OH)–C–C–N with tert-alkyl or cyclic N) is 1. The van der Waals surface area contributed by atoms with Crippen molar-refractivity contribution in [3.8, 4) is 11.5 Å². The third-order valence-electron chi connectivity index (χ3n) is 4.42. The van der Waals surface area contributed by atoms with Gasteiger partial charge in [0.05, 0.1) is 5.60 Å². The Morgan fingerprint density at radius 2 is 1.88 bits per heavy atom. The summed E-state index contributed by atoms with van der Waals surface area (Å²) in [5.41, 5.74) is 0.556. The molecular weight excluding hydrogens is 300 g/mol. The van der Waals surface area contributed by atoms with Gasteiger partial charge in [-0.3, -0.25) is 0 Å². The highest BCUT2D eigenvalue weighted by Gasteiger charge is 2.28. The van der Waals surface area contributed by atoms with Crippen LogP contribution < -0.4 is 15.4 Å². The highest BCUT2D eigenvalue weighted by molar-refractivity contribution is 5.37. The molecule has 0 amide bonds. The average molecular weight is 326 g/mol. The van der Waals surface area contributed by atoms with Gasteiger partial charge in [0.25, 0.3) is 0 Å². The third kappa shape index (κ3) is 4.81. The lowest BCUT2D eigenvalue weighted by Crippen LogP contribution is -2.52. The number of hydrogen-bond acceptors (Lipinski definition) is 4. The molecule has 0 unspecified atom stereocenters. The number of para-hydroxylation sites is 2. The van der Waals surface area contributed by atoms with Crippen LogP contribution in [0.1, 0.15) is 18.4 Å². The van der Waals surface area contributed by atoms with Crippen LogP contribution in [0.4, 0.5) is 0 Å². The number of hydrogen-bond donors (Lipinski definition) is 3. The molecule has 1 saturated heterocycles. The van der Waals surface area contributed by atoms with E-state index < -0.39 is 5.60 Å². The number of aliphatic hydroxyl groups is 1. The maximum atomic E-state index is 10.5. The molecule has 0 saturated carbocycles. The van der Waals surface area contributed by atoms with Gasteiger partial charge in [-0.15, -0.1) is 0 Å². The normalized spacial score (nSPS) is 20.7. The van der Waals surface area contributed by atoms with Gasteiger partial charge in [0.15, 0.2) is 0 Å². The summed E-state index contributed by atoms with van der Waals surface area (Å²) in [5, 5.41) is 17.1. The quantitative estimate of drug-likeness (QED) is 0.685. The molecule has 24 heavy (non-hydrogen) atoms. The van der Waals surface area contributed by atoms with Crippen molar-refractivity contribution >= 4 is 0 Å². The van der Waals surface area contributed by atoms with E-state index in [0.29, 0.717) is 13.1 Å². The van der Waals surface area contributed by atoms with Crippen LogP contribution in [0.5, 0.6) is 11.5 Å². The summed E-state index contributed by atoms with van der Waals surface area (Å²) in [7, 11) is 0. The van der Waals surface area contributed by atoms with Crippen LogP contribution in [0.2, 0.25) is 0 Å². The van der Waals surface area contributed by atoms with E-state index in [4.69, 9.17) is 4.74 Å². The third-order valence-corrected chi connectivity index (χ3v) is 4.42. The van der Waals surface area contributed by atoms with E-state index in [9.17, 15) is 5.11 Å². The molecule has 1 atom stereocenters. The second kappa shape index (κ2) is 8.29. The fourth-order valence-corrected chi connectivity index (χ4v) is 3.07. The first-order valence-corrected chi connectivity index (χ1v) is 8.70. The summed E-state index contributed by atoms with van der Waals surface area (Å²) in [5.74, 6) is 1.74. The molecule has 0 aliphatic carbocycles. The molecule has 0 radical (unpaired) electrons. The summed E-state index contributed by atoms with van der Waals surface area (Å²) in [6, 6.07) is 18.0. The molecule has 2 aromatic rings. The van der Waals surface area contributed by atoms with Crippen molar-refractivity contribution < 1.29 is 9.84 Å². The van der Waals surface area contributed by atoms with E-state index >= 15 is 0 Å². The van der Waals surface area contributed by atoms with Gasteiger partial charge in [0.1, 0.15) is 11.5 Å². The van der Waals surface area contributed by atoms with Gasteiger partial charge in [-0.25, -0.2) is 0 Å². The van der Waals surface area contributed by atoms with Gasteiger partial charge < -0.3 is 20.5 Å². The van der Waals surface area contributed by atoms with Gasteiger partial charge in [0.2, 0.25) is 0 Å². The van der Waals surface area contributed by atoms with Crippen LogP contribution in [-0.2, 0) is 6.42 Å². The van der Waals surface area contributed by atoms with Crippen molar-refractivity contribution in [3.05, 3.63) is 60.2 Å². The number of rotatable bonds is 7. The van der Waals surface area contributed by atoms with Crippen molar-refractivity contribution in [1.29, 1.82) is 0 Å². The Kier molecular flexibility index (Phi) is 5.86. The Hall–Kier alpha value is -1.88. The number of benzene rings is 2.